The lowest BCUT2D eigenvalue weighted by Crippen LogP contribution is -2.32. The number of nitrogens with zero attached hydrogens (tertiary/aromatic N) is 1. The summed E-state index contributed by atoms with van der Waals surface area (Å²) < 4.78 is 0. The molecule has 1 aromatic carbocycles. The topological polar surface area (TPSA) is 66.6 Å². The molecule has 0 unspecified atom stereocenters. The maximum Gasteiger partial charge on any atom is 0.255 e. The Kier molecular flexibility index (Phi) is 6.65. The van der Waals surface area contributed by atoms with Crippen molar-refractivity contribution in [1.29, 1.82) is 0 Å². The smallest absolute Gasteiger partial charge is 0.255 e. The van der Waals surface area contributed by atoms with Gasteiger partial charge in [0, 0.05) is 25.3 Å². The van der Waals surface area contributed by atoms with Gasteiger partial charge in [0.25, 0.3) is 5.91 Å². The van der Waals surface area contributed by atoms with E-state index in [9.17, 15) is 4.79 Å². The largest absolute Gasteiger partial charge is 0.396 e. The molecular formula is C15H20N2O2. The van der Waals surface area contributed by atoms with Crippen molar-refractivity contribution in [3.8, 4) is 11.8 Å². The summed E-state index contributed by atoms with van der Waals surface area (Å²) in [6.07, 6.45) is 0.580. The number of hydrogen-bond donors (Lipinski definition) is 2. The second-order valence-corrected chi connectivity index (χ2v) is 4.01. The first-order chi connectivity index (χ1) is 9.24. The summed E-state index contributed by atoms with van der Waals surface area (Å²) in [6.45, 7) is 3.42. The van der Waals surface area contributed by atoms with Gasteiger partial charge in [0.05, 0.1) is 12.1 Å². The van der Waals surface area contributed by atoms with Crippen LogP contribution in [0.15, 0.2) is 24.3 Å². The van der Waals surface area contributed by atoms with Gasteiger partial charge in [0.2, 0.25) is 0 Å². The first-order valence-corrected chi connectivity index (χ1v) is 6.42. The normalized spacial score (nSPS) is 9.63. The number of benzene rings is 1. The molecule has 1 aromatic rings. The minimum Gasteiger partial charge on any atom is -0.396 e. The maximum atomic E-state index is 12.4. The third kappa shape index (κ3) is 4.40. The fourth-order valence-corrected chi connectivity index (χ4v) is 1.76. The highest BCUT2D eigenvalue weighted by Crippen LogP contribution is 2.11. The molecule has 0 aliphatic rings. The molecule has 0 heterocycles. The van der Waals surface area contributed by atoms with Crippen LogP contribution in [0.4, 0.5) is 0 Å². The van der Waals surface area contributed by atoms with Crippen LogP contribution in [0.1, 0.15) is 29.3 Å². The lowest BCUT2D eigenvalue weighted by atomic mass is 10.1. The minimum absolute atomic E-state index is 0.0575. The predicted molar refractivity (Wildman–Crippen MR) is 75.7 cm³/mol. The van der Waals surface area contributed by atoms with Crippen LogP contribution in [0.2, 0.25) is 0 Å². The number of carbonyl (C=O) groups is 1. The molecule has 1 rings (SSSR count). The van der Waals surface area contributed by atoms with E-state index in [2.05, 4.69) is 11.8 Å². The van der Waals surface area contributed by atoms with Crippen molar-refractivity contribution in [3.63, 3.8) is 0 Å². The van der Waals surface area contributed by atoms with Crippen LogP contribution in [-0.2, 0) is 0 Å². The van der Waals surface area contributed by atoms with E-state index in [1.807, 2.05) is 25.1 Å². The van der Waals surface area contributed by atoms with Gasteiger partial charge in [-0.15, -0.1) is 0 Å². The highest BCUT2D eigenvalue weighted by Gasteiger charge is 2.16. The second kappa shape index (κ2) is 8.30. The Hall–Kier alpha value is -1.83. The van der Waals surface area contributed by atoms with Gasteiger partial charge in [0.1, 0.15) is 0 Å². The Morgan fingerprint density at radius 1 is 1.42 bits per heavy atom. The molecule has 0 aromatic heterocycles. The third-order valence-electron chi connectivity index (χ3n) is 2.74. The van der Waals surface area contributed by atoms with E-state index in [1.54, 1.807) is 11.0 Å². The Labute approximate surface area is 114 Å². The van der Waals surface area contributed by atoms with E-state index < -0.39 is 0 Å². The third-order valence-corrected chi connectivity index (χ3v) is 2.74. The fourth-order valence-electron chi connectivity index (χ4n) is 1.76. The van der Waals surface area contributed by atoms with Gasteiger partial charge in [-0.05, 0) is 25.5 Å². The number of aliphatic hydroxyl groups excluding tert-OH is 1. The van der Waals surface area contributed by atoms with Crippen molar-refractivity contribution in [3.05, 3.63) is 35.4 Å². The van der Waals surface area contributed by atoms with E-state index in [0.717, 1.165) is 0 Å². The first kappa shape index (κ1) is 15.2. The highest BCUT2D eigenvalue weighted by molar-refractivity contribution is 5.96. The highest BCUT2D eigenvalue weighted by atomic mass is 16.3. The molecule has 0 atom stereocenters. The van der Waals surface area contributed by atoms with Gasteiger partial charge in [-0.3, -0.25) is 4.79 Å². The predicted octanol–water partition coefficient (Wildman–Crippen LogP) is 0.841. The van der Waals surface area contributed by atoms with Gasteiger partial charge in [-0.25, -0.2) is 0 Å². The van der Waals surface area contributed by atoms with Gasteiger partial charge < -0.3 is 15.7 Å². The van der Waals surface area contributed by atoms with Crippen LogP contribution >= 0.6 is 0 Å². The van der Waals surface area contributed by atoms with Crippen LogP contribution in [0.5, 0.6) is 0 Å². The average Bonchev–Trinajstić information content (AvgIpc) is 2.46. The molecule has 4 nitrogen and oxygen atoms in total. The molecule has 0 saturated carbocycles. The van der Waals surface area contributed by atoms with Crippen molar-refractivity contribution < 1.29 is 9.90 Å². The molecule has 0 radical (unpaired) electrons. The van der Waals surface area contributed by atoms with Crippen molar-refractivity contribution in [1.82, 2.24) is 4.90 Å². The molecule has 19 heavy (non-hydrogen) atoms. The van der Waals surface area contributed by atoms with Crippen LogP contribution < -0.4 is 5.73 Å². The molecule has 1 amide bonds. The Morgan fingerprint density at radius 3 is 2.79 bits per heavy atom. The lowest BCUT2D eigenvalue weighted by molar-refractivity contribution is 0.0754. The minimum atomic E-state index is -0.0575. The summed E-state index contributed by atoms with van der Waals surface area (Å²) >= 11 is 0. The van der Waals surface area contributed by atoms with Crippen molar-refractivity contribution in [2.24, 2.45) is 5.73 Å². The number of nitrogens with two attached hydrogens (primary N) is 1. The summed E-state index contributed by atoms with van der Waals surface area (Å²) in [5.74, 6) is 5.63. The van der Waals surface area contributed by atoms with Crippen molar-refractivity contribution in [2.75, 3.05) is 26.2 Å². The zero-order chi connectivity index (χ0) is 14.1. The number of carbonyl (C=O) groups excluding carboxylic acids is 1. The monoisotopic (exact) mass is 260 g/mol. The summed E-state index contributed by atoms with van der Waals surface area (Å²) in [4.78, 5) is 14.1. The maximum absolute atomic E-state index is 12.4. The van der Waals surface area contributed by atoms with Gasteiger partial charge in [0.15, 0.2) is 0 Å². The average molecular weight is 260 g/mol. The van der Waals surface area contributed by atoms with Crippen molar-refractivity contribution >= 4 is 5.91 Å². The Bertz CT molecular complexity index is 475. The van der Waals surface area contributed by atoms with Crippen molar-refractivity contribution in [2.45, 2.75) is 13.3 Å². The van der Waals surface area contributed by atoms with E-state index in [1.165, 1.54) is 0 Å². The first-order valence-electron chi connectivity index (χ1n) is 6.42. The molecular weight excluding hydrogens is 240 g/mol. The molecule has 3 N–H and O–H groups in total. The molecule has 102 valence electrons. The SMILES string of the molecule is CCN(CCCO)C(=O)c1ccccc1C#CCN. The number of hydrogen-bond acceptors (Lipinski definition) is 3. The molecule has 4 heteroatoms. The summed E-state index contributed by atoms with van der Waals surface area (Å²) in [5.41, 5.74) is 6.64. The zero-order valence-corrected chi connectivity index (χ0v) is 11.2. The molecule has 0 saturated heterocycles. The Balaban J connectivity index is 2.97. The summed E-state index contributed by atoms with van der Waals surface area (Å²) in [6, 6.07) is 7.25. The summed E-state index contributed by atoms with van der Waals surface area (Å²) in [7, 11) is 0. The van der Waals surface area contributed by atoms with E-state index in [0.29, 0.717) is 30.6 Å². The van der Waals surface area contributed by atoms with Gasteiger partial charge in [-0.2, -0.15) is 0 Å². The zero-order valence-electron chi connectivity index (χ0n) is 11.2. The van der Waals surface area contributed by atoms with Crippen LogP contribution in [0.25, 0.3) is 0 Å². The van der Waals surface area contributed by atoms with Crippen LogP contribution in [-0.4, -0.2) is 42.2 Å². The standard InChI is InChI=1S/C15H20N2O2/c1-2-17(11-6-12-18)15(19)14-9-4-3-7-13(14)8-5-10-16/h3-4,7,9,18H,2,6,10-12,16H2,1H3. The molecule has 0 aliphatic carbocycles. The molecule has 0 fully saturated rings. The fraction of sp³-hybridized carbons (Fsp3) is 0.400. The van der Waals surface area contributed by atoms with E-state index in [4.69, 9.17) is 10.8 Å². The van der Waals surface area contributed by atoms with Crippen LogP contribution in [0.3, 0.4) is 0 Å². The van der Waals surface area contributed by atoms with E-state index >= 15 is 0 Å². The molecule has 0 aliphatic heterocycles. The lowest BCUT2D eigenvalue weighted by Gasteiger charge is -2.21. The number of amides is 1. The molecule has 0 bridgehead atoms. The summed E-state index contributed by atoms with van der Waals surface area (Å²) in [5, 5.41) is 8.86. The number of rotatable bonds is 5. The van der Waals surface area contributed by atoms with Gasteiger partial charge >= 0.3 is 0 Å². The quantitative estimate of drug-likeness (QED) is 0.771. The Morgan fingerprint density at radius 2 is 2.16 bits per heavy atom. The van der Waals surface area contributed by atoms with E-state index in [-0.39, 0.29) is 19.1 Å². The second-order valence-electron chi connectivity index (χ2n) is 4.01. The molecule has 0 spiro atoms. The number of aliphatic hydroxyl groups is 1. The van der Waals surface area contributed by atoms with Crippen LogP contribution in [0, 0.1) is 11.8 Å². The van der Waals surface area contributed by atoms with Gasteiger partial charge in [-0.1, -0.05) is 24.0 Å².